The Balaban J connectivity index is 2.99. The summed E-state index contributed by atoms with van der Waals surface area (Å²) in [7, 11) is -3.85. The summed E-state index contributed by atoms with van der Waals surface area (Å²) in [5.74, 6) is -1.10. The number of nitrogens with zero attached hydrogens (tertiary/aromatic N) is 1. The lowest BCUT2D eigenvalue weighted by atomic mass is 10.2. The normalized spacial score (nSPS) is 12.7. The Kier molecular flexibility index (Phi) is 4.67. The van der Waals surface area contributed by atoms with E-state index >= 15 is 0 Å². The molecule has 106 valence electrons. The van der Waals surface area contributed by atoms with Gasteiger partial charge >= 0.3 is 0 Å². The third-order valence-corrected chi connectivity index (χ3v) is 3.28. The third-order valence-electron chi connectivity index (χ3n) is 2.01. The van der Waals surface area contributed by atoms with Gasteiger partial charge in [-0.25, -0.2) is 4.39 Å². The Morgan fingerprint density at radius 2 is 2.11 bits per heavy atom. The maximum atomic E-state index is 13.7. The number of rotatable bonds is 5. The molecule has 1 rings (SSSR count). The number of benzene rings is 1. The zero-order chi connectivity index (χ0) is 14.6. The molecule has 0 aliphatic heterocycles. The van der Waals surface area contributed by atoms with E-state index in [1.54, 1.807) is 13.8 Å². The molecule has 0 atom stereocenters. The highest BCUT2D eigenvalue weighted by atomic mass is 32.2. The maximum absolute atomic E-state index is 13.7. The molecule has 0 aliphatic carbocycles. The van der Waals surface area contributed by atoms with E-state index in [9.17, 15) is 12.8 Å². The van der Waals surface area contributed by atoms with Gasteiger partial charge in [0.1, 0.15) is 5.82 Å². The molecule has 0 spiro atoms. The van der Waals surface area contributed by atoms with E-state index in [4.69, 9.17) is 10.9 Å². The SMILES string of the molecule is CC(C)NS(=O)(=O)Nc1ccc(/C(N)=N/O)cc1F. The first-order valence-corrected chi connectivity index (χ1v) is 6.81. The smallest absolute Gasteiger partial charge is 0.299 e. The molecule has 9 heteroatoms. The molecule has 0 unspecified atom stereocenters. The predicted molar refractivity (Wildman–Crippen MR) is 69.7 cm³/mol. The van der Waals surface area contributed by atoms with Gasteiger partial charge in [0.05, 0.1) is 5.69 Å². The van der Waals surface area contributed by atoms with E-state index in [1.807, 2.05) is 4.72 Å². The molecule has 5 N–H and O–H groups in total. The van der Waals surface area contributed by atoms with Gasteiger partial charge in [0.2, 0.25) is 0 Å². The topological polar surface area (TPSA) is 117 Å². The van der Waals surface area contributed by atoms with Crippen LogP contribution in [0, 0.1) is 5.82 Å². The van der Waals surface area contributed by atoms with Crippen LogP contribution in [0.2, 0.25) is 0 Å². The Morgan fingerprint density at radius 3 is 2.58 bits per heavy atom. The van der Waals surface area contributed by atoms with Gasteiger partial charge in [0.15, 0.2) is 5.84 Å². The van der Waals surface area contributed by atoms with E-state index in [1.165, 1.54) is 12.1 Å². The summed E-state index contributed by atoms with van der Waals surface area (Å²) in [5.41, 5.74) is 5.19. The average molecular weight is 290 g/mol. The van der Waals surface area contributed by atoms with Crippen LogP contribution in [-0.4, -0.2) is 25.5 Å². The maximum Gasteiger partial charge on any atom is 0.299 e. The molecule has 1 aromatic rings. The van der Waals surface area contributed by atoms with Crippen molar-refractivity contribution in [1.29, 1.82) is 0 Å². The second-order valence-corrected chi connectivity index (χ2v) is 5.50. The highest BCUT2D eigenvalue weighted by Gasteiger charge is 2.14. The van der Waals surface area contributed by atoms with E-state index in [-0.39, 0.29) is 23.1 Å². The zero-order valence-electron chi connectivity index (χ0n) is 10.4. The highest BCUT2D eigenvalue weighted by molar-refractivity contribution is 7.90. The number of oxime groups is 1. The monoisotopic (exact) mass is 290 g/mol. The number of amidine groups is 1. The number of nitrogens with one attached hydrogen (secondary N) is 2. The van der Waals surface area contributed by atoms with Gasteiger partial charge in [-0.15, -0.1) is 0 Å². The number of hydrogen-bond acceptors (Lipinski definition) is 4. The van der Waals surface area contributed by atoms with Crippen LogP contribution >= 0.6 is 0 Å². The van der Waals surface area contributed by atoms with Crippen LogP contribution in [0.15, 0.2) is 23.4 Å². The van der Waals surface area contributed by atoms with Crippen molar-refractivity contribution in [1.82, 2.24) is 4.72 Å². The van der Waals surface area contributed by atoms with Gasteiger partial charge in [-0.1, -0.05) is 5.16 Å². The molecule has 0 fully saturated rings. The summed E-state index contributed by atoms with van der Waals surface area (Å²) in [6.07, 6.45) is 0. The lowest BCUT2D eigenvalue weighted by molar-refractivity contribution is 0.318. The van der Waals surface area contributed by atoms with Gasteiger partial charge in [0.25, 0.3) is 10.2 Å². The fraction of sp³-hybridized carbons (Fsp3) is 0.300. The van der Waals surface area contributed by atoms with E-state index < -0.39 is 16.0 Å². The van der Waals surface area contributed by atoms with Crippen molar-refractivity contribution >= 4 is 21.7 Å². The van der Waals surface area contributed by atoms with Crippen molar-refractivity contribution in [2.45, 2.75) is 19.9 Å². The van der Waals surface area contributed by atoms with Crippen LogP contribution in [0.1, 0.15) is 19.4 Å². The Bertz CT molecular complexity index is 586. The van der Waals surface area contributed by atoms with Crippen LogP contribution < -0.4 is 15.2 Å². The molecular formula is C10H15FN4O3S. The van der Waals surface area contributed by atoms with E-state index in [0.717, 1.165) is 6.07 Å². The van der Waals surface area contributed by atoms with Crippen LogP contribution in [0.5, 0.6) is 0 Å². The summed E-state index contributed by atoms with van der Waals surface area (Å²) in [6, 6.07) is 3.15. The van der Waals surface area contributed by atoms with Crippen molar-refractivity contribution < 1.29 is 18.0 Å². The highest BCUT2D eigenvalue weighted by Crippen LogP contribution is 2.16. The molecule has 7 nitrogen and oxygen atoms in total. The van der Waals surface area contributed by atoms with Crippen LogP contribution in [0.3, 0.4) is 0 Å². The van der Waals surface area contributed by atoms with Crippen molar-refractivity contribution in [3.63, 3.8) is 0 Å². The number of halogens is 1. The van der Waals surface area contributed by atoms with Gasteiger partial charge in [0, 0.05) is 11.6 Å². The van der Waals surface area contributed by atoms with E-state index in [0.29, 0.717) is 0 Å². The lowest BCUT2D eigenvalue weighted by Crippen LogP contribution is -2.35. The minimum Gasteiger partial charge on any atom is -0.409 e. The third kappa shape index (κ3) is 4.38. The summed E-state index contributed by atoms with van der Waals surface area (Å²) in [4.78, 5) is 0. The zero-order valence-corrected chi connectivity index (χ0v) is 11.2. The molecule has 0 saturated carbocycles. The second kappa shape index (κ2) is 5.85. The van der Waals surface area contributed by atoms with Crippen molar-refractivity contribution in [3.05, 3.63) is 29.6 Å². The molecule has 0 heterocycles. The lowest BCUT2D eigenvalue weighted by Gasteiger charge is -2.12. The fourth-order valence-electron chi connectivity index (χ4n) is 1.30. The summed E-state index contributed by atoms with van der Waals surface area (Å²) >= 11 is 0. The van der Waals surface area contributed by atoms with Gasteiger partial charge in [-0.05, 0) is 32.0 Å². The molecule has 0 aromatic heterocycles. The Hall–Kier alpha value is -1.87. The van der Waals surface area contributed by atoms with Gasteiger partial charge in [-0.2, -0.15) is 13.1 Å². The molecule has 19 heavy (non-hydrogen) atoms. The van der Waals surface area contributed by atoms with Gasteiger partial charge in [-0.3, -0.25) is 4.72 Å². The van der Waals surface area contributed by atoms with Crippen molar-refractivity contribution in [3.8, 4) is 0 Å². The quantitative estimate of drug-likeness (QED) is 0.274. The molecule has 0 bridgehead atoms. The average Bonchev–Trinajstić information content (AvgIpc) is 2.28. The van der Waals surface area contributed by atoms with Crippen molar-refractivity contribution in [2.24, 2.45) is 10.9 Å². The Labute approximate surface area is 110 Å². The largest absolute Gasteiger partial charge is 0.409 e. The molecule has 0 amide bonds. The number of nitrogens with two attached hydrogens (primary N) is 1. The molecule has 0 saturated heterocycles. The summed E-state index contributed by atoms with van der Waals surface area (Å²) in [5, 5.41) is 11.2. The van der Waals surface area contributed by atoms with Crippen molar-refractivity contribution in [2.75, 3.05) is 4.72 Å². The summed E-state index contributed by atoms with van der Waals surface area (Å²) < 4.78 is 41.1. The number of anilines is 1. The van der Waals surface area contributed by atoms with Gasteiger partial charge < -0.3 is 10.9 Å². The first-order valence-electron chi connectivity index (χ1n) is 5.32. The van der Waals surface area contributed by atoms with Crippen LogP contribution in [-0.2, 0) is 10.2 Å². The van der Waals surface area contributed by atoms with Crippen LogP contribution in [0.4, 0.5) is 10.1 Å². The minimum atomic E-state index is -3.85. The second-order valence-electron chi connectivity index (χ2n) is 4.06. The summed E-state index contributed by atoms with van der Waals surface area (Å²) in [6.45, 7) is 3.27. The minimum absolute atomic E-state index is 0.139. The first-order chi connectivity index (χ1) is 8.75. The fourth-order valence-corrected chi connectivity index (χ4v) is 2.43. The first kappa shape index (κ1) is 15.2. The van der Waals surface area contributed by atoms with Crippen LogP contribution in [0.25, 0.3) is 0 Å². The predicted octanol–water partition coefficient (Wildman–Crippen LogP) is 0.575. The Morgan fingerprint density at radius 1 is 1.47 bits per heavy atom. The molecule has 0 radical (unpaired) electrons. The molecular weight excluding hydrogens is 275 g/mol. The molecule has 0 aliphatic rings. The number of hydrogen-bond donors (Lipinski definition) is 4. The standard InChI is InChI=1S/C10H15FN4O3S/c1-6(2)14-19(17,18)15-9-4-3-7(5-8(9)11)10(12)13-16/h3-6,14-16H,1-2H3,(H2,12,13). The molecule has 1 aromatic carbocycles. The van der Waals surface area contributed by atoms with E-state index in [2.05, 4.69) is 9.88 Å².